The van der Waals surface area contributed by atoms with Crippen molar-refractivity contribution in [2.24, 2.45) is 5.92 Å². The molecule has 0 spiro atoms. The second-order valence-electron chi connectivity index (χ2n) is 5.64. The number of nitrogens with zero attached hydrogens (tertiary/aromatic N) is 2. The molecule has 1 aromatic rings. The molecule has 1 aromatic heterocycles. The highest BCUT2D eigenvalue weighted by molar-refractivity contribution is 5.42. The first-order valence-electron chi connectivity index (χ1n) is 7.40. The summed E-state index contributed by atoms with van der Waals surface area (Å²) in [5, 5.41) is 9.72. The van der Waals surface area contributed by atoms with Gasteiger partial charge in [0, 0.05) is 18.8 Å². The summed E-state index contributed by atoms with van der Waals surface area (Å²) in [7, 11) is 0. The van der Waals surface area contributed by atoms with E-state index in [-0.39, 0.29) is 0 Å². The van der Waals surface area contributed by atoms with Gasteiger partial charge in [-0.3, -0.25) is 0 Å². The summed E-state index contributed by atoms with van der Waals surface area (Å²) in [6, 6.07) is 4.42. The molecular weight excluding hydrogens is 236 g/mol. The maximum Gasteiger partial charge on any atom is 0.129 e. The summed E-state index contributed by atoms with van der Waals surface area (Å²) in [5.74, 6) is 1.58. The average molecular weight is 264 g/mol. The van der Waals surface area contributed by atoms with Crippen molar-refractivity contribution in [3.05, 3.63) is 23.9 Å². The highest BCUT2D eigenvalue weighted by atomic mass is 16.3. The van der Waals surface area contributed by atoms with Crippen LogP contribution in [-0.4, -0.2) is 22.7 Å². The summed E-state index contributed by atoms with van der Waals surface area (Å²) in [4.78, 5) is 6.89. The third kappa shape index (κ3) is 4.50. The number of aliphatic hydroxyl groups excluding tert-OH is 1. The molecule has 0 saturated heterocycles. The van der Waals surface area contributed by atoms with Gasteiger partial charge in [0.15, 0.2) is 0 Å². The molecule has 0 bridgehead atoms. The van der Waals surface area contributed by atoms with E-state index < -0.39 is 6.10 Å². The Balaban J connectivity index is 3.05. The van der Waals surface area contributed by atoms with Crippen LogP contribution in [0.1, 0.15) is 59.1 Å². The quantitative estimate of drug-likeness (QED) is 0.814. The van der Waals surface area contributed by atoms with Crippen LogP contribution in [0, 0.1) is 5.92 Å². The van der Waals surface area contributed by atoms with Gasteiger partial charge in [-0.05, 0) is 43.4 Å². The van der Waals surface area contributed by atoms with Crippen LogP contribution in [0.4, 0.5) is 5.82 Å². The summed E-state index contributed by atoms with van der Waals surface area (Å²) in [5.41, 5.74) is 0.935. The van der Waals surface area contributed by atoms with E-state index in [0.717, 1.165) is 30.8 Å². The summed E-state index contributed by atoms with van der Waals surface area (Å²) < 4.78 is 0. The van der Waals surface area contributed by atoms with Gasteiger partial charge < -0.3 is 10.0 Å². The zero-order valence-corrected chi connectivity index (χ0v) is 12.9. The SMILES string of the molecule is CCC(CC)N(CC(C)C)c1cc(C(C)O)ccn1. The first-order chi connectivity index (χ1) is 8.99. The Labute approximate surface area is 117 Å². The van der Waals surface area contributed by atoms with Crippen LogP contribution in [0.15, 0.2) is 18.3 Å². The number of aliphatic hydroxyl groups is 1. The van der Waals surface area contributed by atoms with Crippen molar-refractivity contribution in [1.29, 1.82) is 0 Å². The number of hydrogen-bond acceptors (Lipinski definition) is 3. The van der Waals surface area contributed by atoms with E-state index in [4.69, 9.17) is 0 Å². The van der Waals surface area contributed by atoms with Gasteiger partial charge in [-0.1, -0.05) is 27.7 Å². The largest absolute Gasteiger partial charge is 0.389 e. The molecule has 0 aliphatic rings. The van der Waals surface area contributed by atoms with Crippen LogP contribution in [0.3, 0.4) is 0 Å². The molecule has 1 N–H and O–H groups in total. The van der Waals surface area contributed by atoms with Crippen LogP contribution in [0.2, 0.25) is 0 Å². The maximum atomic E-state index is 9.72. The van der Waals surface area contributed by atoms with Crippen molar-refractivity contribution >= 4 is 5.82 Å². The first kappa shape index (κ1) is 16.0. The van der Waals surface area contributed by atoms with Gasteiger partial charge in [0.05, 0.1) is 6.10 Å². The van der Waals surface area contributed by atoms with Crippen molar-refractivity contribution in [3.8, 4) is 0 Å². The lowest BCUT2D eigenvalue weighted by Crippen LogP contribution is -2.38. The molecule has 1 atom stereocenters. The molecule has 0 aliphatic carbocycles. The lowest BCUT2D eigenvalue weighted by molar-refractivity contribution is 0.199. The van der Waals surface area contributed by atoms with Gasteiger partial charge in [-0.25, -0.2) is 4.98 Å². The third-order valence-corrected chi connectivity index (χ3v) is 3.49. The second-order valence-corrected chi connectivity index (χ2v) is 5.64. The smallest absolute Gasteiger partial charge is 0.129 e. The molecule has 1 rings (SSSR count). The molecule has 1 unspecified atom stereocenters. The van der Waals surface area contributed by atoms with Gasteiger partial charge in [0.25, 0.3) is 0 Å². The van der Waals surface area contributed by atoms with Gasteiger partial charge in [-0.15, -0.1) is 0 Å². The normalized spacial score (nSPS) is 13.1. The fraction of sp³-hybridized carbons (Fsp3) is 0.688. The standard InChI is InChI=1S/C16H28N2O/c1-6-15(7-2)18(11-12(3)4)16-10-14(13(5)19)8-9-17-16/h8-10,12-13,15,19H,6-7,11H2,1-5H3. The topological polar surface area (TPSA) is 36.4 Å². The van der Waals surface area contributed by atoms with Crippen molar-refractivity contribution in [2.75, 3.05) is 11.4 Å². The Bertz CT molecular complexity index is 373. The molecule has 0 fully saturated rings. The lowest BCUT2D eigenvalue weighted by atomic mass is 10.1. The van der Waals surface area contributed by atoms with Crippen molar-refractivity contribution in [2.45, 2.75) is 59.6 Å². The molecule has 1 heterocycles. The van der Waals surface area contributed by atoms with Crippen molar-refractivity contribution in [3.63, 3.8) is 0 Å². The molecule has 0 aliphatic heterocycles. The monoisotopic (exact) mass is 264 g/mol. The van der Waals surface area contributed by atoms with E-state index in [1.165, 1.54) is 0 Å². The zero-order chi connectivity index (χ0) is 14.4. The lowest BCUT2D eigenvalue weighted by Gasteiger charge is -2.33. The molecule has 3 heteroatoms. The predicted molar refractivity (Wildman–Crippen MR) is 81.4 cm³/mol. The number of pyridine rings is 1. The molecule has 0 amide bonds. The minimum Gasteiger partial charge on any atom is -0.389 e. The van der Waals surface area contributed by atoms with Crippen LogP contribution in [0.25, 0.3) is 0 Å². The Morgan fingerprint density at radius 1 is 1.21 bits per heavy atom. The van der Waals surface area contributed by atoms with E-state index in [1.54, 1.807) is 13.1 Å². The predicted octanol–water partition coefficient (Wildman–Crippen LogP) is 3.79. The molecule has 3 nitrogen and oxygen atoms in total. The summed E-state index contributed by atoms with van der Waals surface area (Å²) in [6.45, 7) is 11.7. The minimum absolute atomic E-state index is 0.440. The van der Waals surface area contributed by atoms with Crippen molar-refractivity contribution < 1.29 is 5.11 Å². The number of anilines is 1. The van der Waals surface area contributed by atoms with Gasteiger partial charge >= 0.3 is 0 Å². The van der Waals surface area contributed by atoms with Crippen LogP contribution in [0.5, 0.6) is 0 Å². The minimum atomic E-state index is -0.440. The fourth-order valence-corrected chi connectivity index (χ4v) is 2.40. The van der Waals surface area contributed by atoms with Crippen LogP contribution < -0.4 is 4.90 Å². The van der Waals surface area contributed by atoms with E-state index in [1.807, 2.05) is 12.1 Å². The maximum absolute atomic E-state index is 9.72. The summed E-state index contributed by atoms with van der Waals surface area (Å²) in [6.07, 6.45) is 3.59. The third-order valence-electron chi connectivity index (χ3n) is 3.49. The average Bonchev–Trinajstić information content (AvgIpc) is 2.38. The van der Waals surface area contributed by atoms with Crippen molar-refractivity contribution in [1.82, 2.24) is 4.98 Å². The van der Waals surface area contributed by atoms with Crippen LogP contribution >= 0.6 is 0 Å². The summed E-state index contributed by atoms with van der Waals surface area (Å²) >= 11 is 0. The Morgan fingerprint density at radius 2 is 1.84 bits per heavy atom. The highest BCUT2D eigenvalue weighted by Gasteiger charge is 2.18. The van der Waals surface area contributed by atoms with Gasteiger partial charge in [-0.2, -0.15) is 0 Å². The van der Waals surface area contributed by atoms with Gasteiger partial charge in [0.1, 0.15) is 5.82 Å². The van der Waals surface area contributed by atoms with E-state index in [0.29, 0.717) is 12.0 Å². The molecule has 19 heavy (non-hydrogen) atoms. The molecular formula is C16H28N2O. The number of aromatic nitrogens is 1. The molecule has 0 aromatic carbocycles. The van der Waals surface area contributed by atoms with Gasteiger partial charge in [0.2, 0.25) is 0 Å². The Morgan fingerprint density at radius 3 is 2.32 bits per heavy atom. The number of hydrogen-bond donors (Lipinski definition) is 1. The number of rotatable bonds is 7. The molecule has 108 valence electrons. The van der Waals surface area contributed by atoms with E-state index in [2.05, 4.69) is 37.6 Å². The second kappa shape index (κ2) is 7.49. The Hall–Kier alpha value is -1.09. The molecule has 0 radical (unpaired) electrons. The zero-order valence-electron chi connectivity index (χ0n) is 12.9. The molecule has 0 saturated carbocycles. The Kier molecular flexibility index (Phi) is 6.29. The first-order valence-corrected chi connectivity index (χ1v) is 7.40. The fourth-order valence-electron chi connectivity index (χ4n) is 2.40. The highest BCUT2D eigenvalue weighted by Crippen LogP contribution is 2.23. The van der Waals surface area contributed by atoms with E-state index >= 15 is 0 Å². The van der Waals surface area contributed by atoms with Crippen LogP contribution in [-0.2, 0) is 0 Å². The van der Waals surface area contributed by atoms with E-state index in [9.17, 15) is 5.11 Å².